The van der Waals surface area contributed by atoms with Gasteiger partial charge in [-0.1, -0.05) is 21.9 Å². The average molecular weight is 236 g/mol. The van der Waals surface area contributed by atoms with Gasteiger partial charge in [0.05, 0.1) is 11.5 Å². The molecule has 64 valence electrons. The molecule has 0 aliphatic rings. The minimum absolute atomic E-state index is 0.660. The molecule has 0 bridgehead atoms. The maximum absolute atomic E-state index is 4.15. The Kier molecular flexibility index (Phi) is 2.28. The van der Waals surface area contributed by atoms with Crippen molar-refractivity contribution in [3.05, 3.63) is 30.2 Å². The largest absolute Gasteiger partial charge is 0.234 e. The normalized spacial score (nSPS) is 9.62. The molecule has 0 N–H and O–H groups in total. The van der Waals surface area contributed by atoms with Crippen molar-refractivity contribution in [1.29, 1.82) is 0 Å². The summed E-state index contributed by atoms with van der Waals surface area (Å²) < 4.78 is 1.72. The first kappa shape index (κ1) is 8.27. The van der Waals surface area contributed by atoms with Crippen LogP contribution in [-0.2, 0) is 0 Å². The van der Waals surface area contributed by atoms with Crippen LogP contribution in [0.1, 0.15) is 5.69 Å². The van der Waals surface area contributed by atoms with Crippen LogP contribution in [0.25, 0.3) is 5.65 Å². The fraction of sp³-hybridized carbons (Fsp3) is 0.111. The maximum atomic E-state index is 4.15. The Labute approximate surface area is 83.9 Å². The third-order valence-corrected chi connectivity index (χ3v) is 1.84. The van der Waals surface area contributed by atoms with Crippen LogP contribution in [0.3, 0.4) is 0 Å². The van der Waals surface area contributed by atoms with Crippen LogP contribution in [0.2, 0.25) is 0 Å². The molecule has 0 spiro atoms. The number of halogens is 1. The zero-order valence-corrected chi connectivity index (χ0v) is 8.32. The number of hydrogen-bond donors (Lipinski definition) is 0. The summed E-state index contributed by atoms with van der Waals surface area (Å²) in [6.45, 7) is 0. The topological polar surface area (TPSA) is 30.2 Å². The molecule has 2 aromatic heterocycles. The summed E-state index contributed by atoms with van der Waals surface area (Å²) >= 11 is 3.24. The van der Waals surface area contributed by atoms with Gasteiger partial charge in [-0.3, -0.25) is 0 Å². The fourth-order valence-corrected chi connectivity index (χ4v) is 1.18. The first-order valence-corrected chi connectivity index (χ1v) is 4.87. The second kappa shape index (κ2) is 3.58. The zero-order chi connectivity index (χ0) is 9.10. The van der Waals surface area contributed by atoms with Gasteiger partial charge in [-0.15, -0.1) is 0 Å². The van der Waals surface area contributed by atoms with Crippen molar-refractivity contribution in [2.24, 2.45) is 0 Å². The monoisotopic (exact) mass is 235 g/mol. The maximum Gasteiger partial charge on any atom is 0.154 e. The summed E-state index contributed by atoms with van der Waals surface area (Å²) in [7, 11) is 0. The Balaban J connectivity index is 2.58. The Bertz CT molecular complexity index is 478. The average Bonchev–Trinajstić information content (AvgIpc) is 2.58. The molecule has 0 aliphatic heterocycles. The molecule has 4 heteroatoms. The smallest absolute Gasteiger partial charge is 0.154 e. The second-order valence-corrected chi connectivity index (χ2v) is 2.93. The first-order chi connectivity index (χ1) is 6.42. The summed E-state index contributed by atoms with van der Waals surface area (Å²) in [5.74, 6) is 5.87. The SMILES string of the molecule is BrCC#Cc1cnc2cccnn12. The van der Waals surface area contributed by atoms with Crippen LogP contribution >= 0.6 is 15.9 Å². The van der Waals surface area contributed by atoms with Gasteiger partial charge in [0.1, 0.15) is 5.69 Å². The van der Waals surface area contributed by atoms with E-state index in [1.807, 2.05) is 12.1 Å². The molecule has 13 heavy (non-hydrogen) atoms. The lowest BCUT2D eigenvalue weighted by Crippen LogP contribution is -1.92. The predicted octanol–water partition coefficient (Wildman–Crippen LogP) is 1.48. The number of rotatable bonds is 0. The van der Waals surface area contributed by atoms with Crippen molar-refractivity contribution in [1.82, 2.24) is 14.6 Å². The molecule has 0 unspecified atom stereocenters. The number of alkyl halides is 1. The van der Waals surface area contributed by atoms with Gasteiger partial charge in [-0.2, -0.15) is 5.10 Å². The third kappa shape index (κ3) is 1.56. The molecule has 0 saturated heterocycles. The number of fused-ring (bicyclic) bond motifs is 1. The van der Waals surface area contributed by atoms with E-state index in [2.05, 4.69) is 37.9 Å². The molecule has 0 radical (unpaired) electrons. The van der Waals surface area contributed by atoms with Crippen molar-refractivity contribution < 1.29 is 0 Å². The molecule has 2 aromatic rings. The van der Waals surface area contributed by atoms with Gasteiger partial charge in [0.15, 0.2) is 5.65 Å². The van der Waals surface area contributed by atoms with Gasteiger partial charge >= 0.3 is 0 Å². The van der Waals surface area contributed by atoms with E-state index in [1.165, 1.54) is 0 Å². The van der Waals surface area contributed by atoms with Gasteiger partial charge in [0.25, 0.3) is 0 Å². The Morgan fingerprint density at radius 1 is 1.54 bits per heavy atom. The van der Waals surface area contributed by atoms with E-state index in [1.54, 1.807) is 16.9 Å². The summed E-state index contributed by atoms with van der Waals surface area (Å²) in [5, 5.41) is 4.79. The Hall–Kier alpha value is -1.34. The molecule has 2 heterocycles. The molecule has 2 rings (SSSR count). The van der Waals surface area contributed by atoms with Crippen LogP contribution in [0, 0.1) is 11.8 Å². The summed E-state index contributed by atoms with van der Waals surface area (Å²) in [6, 6.07) is 3.75. The molecule has 0 atom stereocenters. The number of nitrogens with zero attached hydrogens (tertiary/aromatic N) is 3. The minimum atomic E-state index is 0.660. The minimum Gasteiger partial charge on any atom is -0.234 e. The predicted molar refractivity (Wildman–Crippen MR) is 53.7 cm³/mol. The van der Waals surface area contributed by atoms with Gasteiger partial charge < -0.3 is 0 Å². The number of hydrogen-bond acceptors (Lipinski definition) is 2. The molecule has 0 aliphatic carbocycles. The van der Waals surface area contributed by atoms with E-state index in [0.29, 0.717) is 5.33 Å². The summed E-state index contributed by atoms with van der Waals surface area (Å²) in [4.78, 5) is 4.15. The second-order valence-electron chi connectivity index (χ2n) is 2.37. The highest BCUT2D eigenvalue weighted by Crippen LogP contribution is 2.01. The van der Waals surface area contributed by atoms with E-state index in [4.69, 9.17) is 0 Å². The third-order valence-electron chi connectivity index (χ3n) is 1.56. The van der Waals surface area contributed by atoms with Crippen molar-refractivity contribution in [2.45, 2.75) is 0 Å². The van der Waals surface area contributed by atoms with Crippen LogP contribution in [0.4, 0.5) is 0 Å². The van der Waals surface area contributed by atoms with Gasteiger partial charge in [0.2, 0.25) is 0 Å². The summed E-state index contributed by atoms with van der Waals surface area (Å²) in [6.07, 6.45) is 3.44. The highest BCUT2D eigenvalue weighted by atomic mass is 79.9. The van der Waals surface area contributed by atoms with Crippen molar-refractivity contribution in [3.8, 4) is 11.8 Å². The highest BCUT2D eigenvalue weighted by Gasteiger charge is 1.98. The molecule has 0 saturated carbocycles. The van der Waals surface area contributed by atoms with Gasteiger partial charge in [-0.05, 0) is 18.1 Å². The van der Waals surface area contributed by atoms with Crippen molar-refractivity contribution >= 4 is 21.6 Å². The summed E-state index contributed by atoms with van der Waals surface area (Å²) in [5.41, 5.74) is 1.64. The van der Waals surface area contributed by atoms with E-state index < -0.39 is 0 Å². The van der Waals surface area contributed by atoms with E-state index in [-0.39, 0.29) is 0 Å². The van der Waals surface area contributed by atoms with Crippen molar-refractivity contribution in [2.75, 3.05) is 5.33 Å². The molecule has 0 amide bonds. The lowest BCUT2D eigenvalue weighted by molar-refractivity contribution is 0.923. The lowest BCUT2D eigenvalue weighted by atomic mass is 10.5. The van der Waals surface area contributed by atoms with Gasteiger partial charge in [0, 0.05) is 6.20 Å². The lowest BCUT2D eigenvalue weighted by Gasteiger charge is -1.90. The quantitative estimate of drug-likeness (QED) is 0.512. The Morgan fingerprint density at radius 3 is 3.31 bits per heavy atom. The van der Waals surface area contributed by atoms with Crippen LogP contribution < -0.4 is 0 Å². The molecule has 3 nitrogen and oxygen atoms in total. The van der Waals surface area contributed by atoms with Crippen LogP contribution in [0.5, 0.6) is 0 Å². The number of imidazole rings is 1. The molecule has 0 aromatic carbocycles. The molecular weight excluding hydrogens is 230 g/mol. The van der Waals surface area contributed by atoms with Crippen LogP contribution in [-0.4, -0.2) is 19.9 Å². The fourth-order valence-electron chi connectivity index (χ4n) is 1.04. The number of aromatic nitrogens is 3. The first-order valence-electron chi connectivity index (χ1n) is 3.75. The standard InChI is InChI=1S/C9H6BrN3/c10-5-1-3-8-7-11-9-4-2-6-12-13(8)9/h2,4,6-7H,5H2. The molecule has 0 fully saturated rings. The van der Waals surface area contributed by atoms with Gasteiger partial charge in [-0.25, -0.2) is 9.50 Å². The Morgan fingerprint density at radius 2 is 2.46 bits per heavy atom. The van der Waals surface area contributed by atoms with Crippen molar-refractivity contribution in [3.63, 3.8) is 0 Å². The van der Waals surface area contributed by atoms with E-state index >= 15 is 0 Å². The highest BCUT2D eigenvalue weighted by molar-refractivity contribution is 9.09. The van der Waals surface area contributed by atoms with E-state index in [0.717, 1.165) is 11.3 Å². The molecular formula is C9H6BrN3. The zero-order valence-electron chi connectivity index (χ0n) is 6.74. The van der Waals surface area contributed by atoms with Crippen LogP contribution in [0.15, 0.2) is 24.5 Å². The van der Waals surface area contributed by atoms with E-state index in [9.17, 15) is 0 Å².